The molecule has 1 aromatic heterocycles. The molecular formula is C10H17N3. The standard InChI is InChI=1S/C10H17N3/c1-7(9-4-5-9)11-10-6-13(3)12-8(10)2/h6-7,9,11H,4-5H2,1-3H3. The molecule has 0 spiro atoms. The van der Waals surface area contributed by atoms with Crippen molar-refractivity contribution in [3.8, 4) is 0 Å². The van der Waals surface area contributed by atoms with E-state index >= 15 is 0 Å². The molecule has 1 aliphatic carbocycles. The average molecular weight is 179 g/mol. The Hall–Kier alpha value is -0.990. The van der Waals surface area contributed by atoms with Gasteiger partial charge in [0.25, 0.3) is 0 Å². The lowest BCUT2D eigenvalue weighted by molar-refractivity contribution is 0.693. The molecule has 0 amide bonds. The SMILES string of the molecule is Cc1nn(C)cc1NC(C)C1CC1. The van der Waals surface area contributed by atoms with Crippen molar-refractivity contribution in [2.75, 3.05) is 5.32 Å². The predicted octanol–water partition coefficient (Wildman–Crippen LogP) is 1.94. The Kier molecular flexibility index (Phi) is 2.02. The Morgan fingerprint density at radius 2 is 2.31 bits per heavy atom. The fourth-order valence-corrected chi connectivity index (χ4v) is 1.70. The van der Waals surface area contributed by atoms with Crippen LogP contribution >= 0.6 is 0 Å². The molecule has 0 bridgehead atoms. The Morgan fingerprint density at radius 3 is 2.77 bits per heavy atom. The van der Waals surface area contributed by atoms with Crippen LogP contribution in [0.5, 0.6) is 0 Å². The predicted molar refractivity (Wildman–Crippen MR) is 53.8 cm³/mol. The van der Waals surface area contributed by atoms with Gasteiger partial charge in [-0.25, -0.2) is 0 Å². The maximum absolute atomic E-state index is 4.30. The summed E-state index contributed by atoms with van der Waals surface area (Å²) in [6, 6.07) is 0.600. The Morgan fingerprint density at radius 1 is 1.62 bits per heavy atom. The van der Waals surface area contributed by atoms with Gasteiger partial charge in [0.15, 0.2) is 0 Å². The van der Waals surface area contributed by atoms with Gasteiger partial charge in [0.1, 0.15) is 0 Å². The Balaban J connectivity index is 2.03. The highest BCUT2D eigenvalue weighted by Crippen LogP contribution is 2.34. The van der Waals surface area contributed by atoms with Gasteiger partial charge in [-0.1, -0.05) is 0 Å². The molecule has 1 N–H and O–H groups in total. The monoisotopic (exact) mass is 179 g/mol. The summed E-state index contributed by atoms with van der Waals surface area (Å²) in [5, 5.41) is 7.81. The lowest BCUT2D eigenvalue weighted by atomic mass is 10.2. The van der Waals surface area contributed by atoms with Crippen LogP contribution in [0.15, 0.2) is 6.20 Å². The zero-order valence-corrected chi connectivity index (χ0v) is 8.54. The molecule has 1 aliphatic rings. The molecule has 1 fully saturated rings. The topological polar surface area (TPSA) is 29.9 Å². The van der Waals surface area contributed by atoms with E-state index in [1.807, 2.05) is 24.9 Å². The van der Waals surface area contributed by atoms with Crippen molar-refractivity contribution >= 4 is 5.69 Å². The molecule has 0 aromatic carbocycles. The number of aryl methyl sites for hydroxylation is 2. The Bertz CT molecular complexity index is 299. The van der Waals surface area contributed by atoms with Crippen LogP contribution in [0, 0.1) is 12.8 Å². The summed E-state index contributed by atoms with van der Waals surface area (Å²) in [7, 11) is 1.96. The van der Waals surface area contributed by atoms with Gasteiger partial charge in [0.05, 0.1) is 11.4 Å². The summed E-state index contributed by atoms with van der Waals surface area (Å²) < 4.78 is 1.86. The maximum Gasteiger partial charge on any atom is 0.0825 e. The Labute approximate surface area is 79.1 Å². The van der Waals surface area contributed by atoms with Crippen molar-refractivity contribution in [1.82, 2.24) is 9.78 Å². The summed E-state index contributed by atoms with van der Waals surface area (Å²) >= 11 is 0. The summed E-state index contributed by atoms with van der Waals surface area (Å²) in [4.78, 5) is 0. The molecule has 13 heavy (non-hydrogen) atoms. The van der Waals surface area contributed by atoms with Crippen LogP contribution in [-0.4, -0.2) is 15.8 Å². The molecule has 3 nitrogen and oxygen atoms in total. The van der Waals surface area contributed by atoms with Gasteiger partial charge < -0.3 is 5.32 Å². The second-order valence-corrected chi connectivity index (χ2v) is 4.07. The number of anilines is 1. The van der Waals surface area contributed by atoms with E-state index in [9.17, 15) is 0 Å². The number of nitrogens with one attached hydrogen (secondary N) is 1. The fraction of sp³-hybridized carbons (Fsp3) is 0.700. The smallest absolute Gasteiger partial charge is 0.0825 e. The summed E-state index contributed by atoms with van der Waals surface area (Å²) in [6.07, 6.45) is 4.81. The first-order chi connectivity index (χ1) is 6.16. The quantitative estimate of drug-likeness (QED) is 0.768. The largest absolute Gasteiger partial charge is 0.380 e. The van der Waals surface area contributed by atoms with Crippen molar-refractivity contribution in [1.29, 1.82) is 0 Å². The highest BCUT2D eigenvalue weighted by molar-refractivity contribution is 5.46. The van der Waals surface area contributed by atoms with Crippen LogP contribution < -0.4 is 5.32 Å². The van der Waals surface area contributed by atoms with Crippen LogP contribution in [0.25, 0.3) is 0 Å². The normalized spacial score (nSPS) is 18.7. The van der Waals surface area contributed by atoms with Crippen LogP contribution in [0.2, 0.25) is 0 Å². The molecule has 0 aliphatic heterocycles. The van der Waals surface area contributed by atoms with E-state index < -0.39 is 0 Å². The van der Waals surface area contributed by atoms with E-state index in [1.165, 1.54) is 18.5 Å². The van der Waals surface area contributed by atoms with Crippen molar-refractivity contribution in [3.05, 3.63) is 11.9 Å². The molecule has 2 rings (SSSR count). The summed E-state index contributed by atoms with van der Waals surface area (Å²) in [5.74, 6) is 0.889. The first kappa shape index (κ1) is 8.60. The molecular weight excluding hydrogens is 162 g/mol. The number of aromatic nitrogens is 2. The van der Waals surface area contributed by atoms with Crippen molar-refractivity contribution in [3.63, 3.8) is 0 Å². The van der Waals surface area contributed by atoms with Crippen LogP contribution in [0.3, 0.4) is 0 Å². The van der Waals surface area contributed by atoms with Crippen molar-refractivity contribution in [2.24, 2.45) is 13.0 Å². The second kappa shape index (κ2) is 3.05. The molecule has 1 aromatic rings. The van der Waals surface area contributed by atoms with Gasteiger partial charge in [-0.15, -0.1) is 0 Å². The zero-order valence-electron chi connectivity index (χ0n) is 8.54. The van der Waals surface area contributed by atoms with Crippen LogP contribution in [0.4, 0.5) is 5.69 Å². The molecule has 3 heteroatoms. The number of hydrogen-bond donors (Lipinski definition) is 1. The molecule has 1 unspecified atom stereocenters. The zero-order chi connectivity index (χ0) is 9.42. The van der Waals surface area contributed by atoms with Crippen molar-refractivity contribution < 1.29 is 0 Å². The highest BCUT2D eigenvalue weighted by Gasteiger charge is 2.28. The lowest BCUT2D eigenvalue weighted by Gasteiger charge is -2.12. The molecule has 72 valence electrons. The molecule has 1 heterocycles. The minimum Gasteiger partial charge on any atom is -0.380 e. The summed E-state index contributed by atoms with van der Waals surface area (Å²) in [5.41, 5.74) is 2.27. The lowest BCUT2D eigenvalue weighted by Crippen LogP contribution is -2.17. The fourth-order valence-electron chi connectivity index (χ4n) is 1.70. The van der Waals surface area contributed by atoms with Crippen molar-refractivity contribution in [2.45, 2.75) is 32.7 Å². The minimum absolute atomic E-state index is 0.600. The van der Waals surface area contributed by atoms with Gasteiger partial charge in [-0.05, 0) is 32.6 Å². The maximum atomic E-state index is 4.30. The molecule has 1 atom stereocenters. The molecule has 1 saturated carbocycles. The van der Waals surface area contributed by atoms with E-state index in [4.69, 9.17) is 0 Å². The number of nitrogens with zero attached hydrogens (tertiary/aromatic N) is 2. The highest BCUT2D eigenvalue weighted by atomic mass is 15.3. The minimum atomic E-state index is 0.600. The van der Waals surface area contributed by atoms with E-state index in [0.29, 0.717) is 6.04 Å². The summed E-state index contributed by atoms with van der Waals surface area (Å²) in [6.45, 7) is 4.30. The van der Waals surface area contributed by atoms with E-state index in [-0.39, 0.29) is 0 Å². The van der Waals surface area contributed by atoms with Crippen LogP contribution in [0.1, 0.15) is 25.5 Å². The van der Waals surface area contributed by atoms with Gasteiger partial charge in [-0.2, -0.15) is 5.10 Å². The number of hydrogen-bond acceptors (Lipinski definition) is 2. The second-order valence-electron chi connectivity index (χ2n) is 4.07. The third-order valence-electron chi connectivity index (χ3n) is 2.73. The van der Waals surface area contributed by atoms with Crippen LogP contribution in [-0.2, 0) is 7.05 Å². The van der Waals surface area contributed by atoms with Gasteiger partial charge in [-0.3, -0.25) is 4.68 Å². The first-order valence-corrected chi connectivity index (χ1v) is 4.93. The van der Waals surface area contributed by atoms with Gasteiger partial charge in [0.2, 0.25) is 0 Å². The molecule has 0 saturated heterocycles. The average Bonchev–Trinajstić information content (AvgIpc) is 2.81. The van der Waals surface area contributed by atoms with Gasteiger partial charge >= 0.3 is 0 Å². The molecule has 0 radical (unpaired) electrons. The van der Waals surface area contributed by atoms with E-state index in [0.717, 1.165) is 11.6 Å². The third-order valence-corrected chi connectivity index (χ3v) is 2.73. The van der Waals surface area contributed by atoms with Gasteiger partial charge in [0, 0.05) is 19.3 Å². The number of rotatable bonds is 3. The first-order valence-electron chi connectivity index (χ1n) is 4.93. The van der Waals surface area contributed by atoms with E-state index in [2.05, 4.69) is 17.3 Å². The third kappa shape index (κ3) is 1.85. The van der Waals surface area contributed by atoms with E-state index in [1.54, 1.807) is 0 Å².